The molecule has 1 saturated heterocycles. The van der Waals surface area contributed by atoms with E-state index in [0.717, 1.165) is 12.3 Å². The van der Waals surface area contributed by atoms with Crippen LogP contribution in [0.2, 0.25) is 5.02 Å². The van der Waals surface area contributed by atoms with Crippen LogP contribution in [0.1, 0.15) is 19.5 Å². The second-order valence-corrected chi connectivity index (χ2v) is 7.73. The first-order valence-electron chi connectivity index (χ1n) is 9.23. The summed E-state index contributed by atoms with van der Waals surface area (Å²) >= 11 is 5.91. The van der Waals surface area contributed by atoms with E-state index < -0.39 is 23.8 Å². The van der Waals surface area contributed by atoms with E-state index in [2.05, 4.69) is 10.3 Å². The molecule has 160 valence electrons. The van der Waals surface area contributed by atoms with E-state index >= 15 is 0 Å². The van der Waals surface area contributed by atoms with E-state index in [1.54, 1.807) is 24.3 Å². The highest BCUT2D eigenvalue weighted by Gasteiger charge is 2.41. The Bertz CT molecular complexity index is 934. The number of rotatable bonds is 5. The third-order valence-corrected chi connectivity index (χ3v) is 5.02. The van der Waals surface area contributed by atoms with E-state index in [0.29, 0.717) is 10.7 Å². The number of aromatic nitrogens is 1. The van der Waals surface area contributed by atoms with Crippen molar-refractivity contribution >= 4 is 34.9 Å². The predicted molar refractivity (Wildman–Crippen MR) is 107 cm³/mol. The van der Waals surface area contributed by atoms with Gasteiger partial charge in [-0.3, -0.25) is 9.69 Å². The van der Waals surface area contributed by atoms with Gasteiger partial charge in [0.15, 0.2) is 0 Å². The fourth-order valence-corrected chi connectivity index (χ4v) is 3.46. The average molecular weight is 441 g/mol. The summed E-state index contributed by atoms with van der Waals surface area (Å²) in [5.41, 5.74) is -0.281. The largest absolute Gasteiger partial charge is 0.433 e. The molecule has 6 nitrogen and oxygen atoms in total. The van der Waals surface area contributed by atoms with Crippen LogP contribution in [0.3, 0.4) is 0 Å². The molecular formula is C20H20ClF3N4O2. The van der Waals surface area contributed by atoms with Gasteiger partial charge < -0.3 is 10.2 Å². The minimum Gasteiger partial charge on any atom is -0.324 e. The standard InChI is InChI=1S/C20H20ClF3N4O2/c1-12(2)16-10-27(15-6-7-17(25-9-15)20(22,23)24)19(30)28(16)11-18(29)26-14-5-3-4-13(21)8-14/h3-9,12,16H,10-11H2,1-2H3,(H,26,29)/t16-/m1/s1. The second-order valence-electron chi connectivity index (χ2n) is 7.29. The summed E-state index contributed by atoms with van der Waals surface area (Å²) in [5, 5.41) is 3.16. The number of nitrogens with zero attached hydrogens (tertiary/aromatic N) is 3. The first-order valence-corrected chi connectivity index (χ1v) is 9.61. The van der Waals surface area contributed by atoms with Crippen LogP contribution >= 0.6 is 11.6 Å². The highest BCUT2D eigenvalue weighted by molar-refractivity contribution is 6.30. The van der Waals surface area contributed by atoms with Crippen molar-refractivity contribution in [3.8, 4) is 0 Å². The fraction of sp³-hybridized carbons (Fsp3) is 0.350. The Labute approximate surface area is 176 Å². The summed E-state index contributed by atoms with van der Waals surface area (Å²) in [4.78, 5) is 31.6. The van der Waals surface area contributed by atoms with Crippen LogP contribution in [0.5, 0.6) is 0 Å². The first kappa shape index (κ1) is 21.9. The van der Waals surface area contributed by atoms with Crippen LogP contribution in [0, 0.1) is 5.92 Å². The Morgan fingerprint density at radius 1 is 1.30 bits per heavy atom. The normalized spacial score (nSPS) is 17.0. The Morgan fingerprint density at radius 2 is 2.03 bits per heavy atom. The minimum absolute atomic E-state index is 0.0281. The number of alkyl halides is 3. The lowest BCUT2D eigenvalue weighted by atomic mass is 10.0. The van der Waals surface area contributed by atoms with Gasteiger partial charge in [-0.05, 0) is 36.2 Å². The molecule has 0 spiro atoms. The van der Waals surface area contributed by atoms with Gasteiger partial charge in [0.1, 0.15) is 12.2 Å². The number of pyridine rings is 1. The number of benzene rings is 1. The monoisotopic (exact) mass is 440 g/mol. The van der Waals surface area contributed by atoms with Gasteiger partial charge in [-0.25, -0.2) is 9.78 Å². The fourth-order valence-electron chi connectivity index (χ4n) is 3.27. The van der Waals surface area contributed by atoms with Crippen molar-refractivity contribution in [3.05, 3.63) is 53.3 Å². The Morgan fingerprint density at radius 3 is 2.60 bits per heavy atom. The molecule has 0 radical (unpaired) electrons. The molecule has 3 amide bonds. The van der Waals surface area contributed by atoms with Gasteiger partial charge in [0.05, 0.1) is 17.9 Å². The lowest BCUT2D eigenvalue weighted by Crippen LogP contribution is -2.42. The summed E-state index contributed by atoms with van der Waals surface area (Å²) in [6.07, 6.45) is -3.54. The maximum absolute atomic E-state index is 12.9. The maximum atomic E-state index is 12.9. The molecule has 1 fully saturated rings. The van der Waals surface area contributed by atoms with Crippen molar-refractivity contribution in [2.45, 2.75) is 26.1 Å². The maximum Gasteiger partial charge on any atom is 0.433 e. The second kappa shape index (κ2) is 8.51. The molecule has 1 N–H and O–H groups in total. The lowest BCUT2D eigenvalue weighted by molar-refractivity contribution is -0.141. The number of amides is 3. The lowest BCUT2D eigenvalue weighted by Gasteiger charge is -2.25. The van der Waals surface area contributed by atoms with E-state index in [-0.39, 0.29) is 30.7 Å². The zero-order valence-corrected chi connectivity index (χ0v) is 17.0. The van der Waals surface area contributed by atoms with Crippen molar-refractivity contribution < 1.29 is 22.8 Å². The van der Waals surface area contributed by atoms with Crippen LogP contribution < -0.4 is 10.2 Å². The van der Waals surface area contributed by atoms with Crippen molar-refractivity contribution in [1.29, 1.82) is 0 Å². The Kier molecular flexibility index (Phi) is 6.21. The van der Waals surface area contributed by atoms with Crippen molar-refractivity contribution in [3.63, 3.8) is 0 Å². The van der Waals surface area contributed by atoms with Gasteiger partial charge in [-0.15, -0.1) is 0 Å². The van der Waals surface area contributed by atoms with Crippen molar-refractivity contribution in [2.24, 2.45) is 5.92 Å². The summed E-state index contributed by atoms with van der Waals surface area (Å²) in [5.74, 6) is -0.371. The molecule has 0 aliphatic carbocycles. The zero-order valence-electron chi connectivity index (χ0n) is 16.3. The van der Waals surface area contributed by atoms with Gasteiger partial charge in [-0.1, -0.05) is 31.5 Å². The number of nitrogens with one attached hydrogen (secondary N) is 1. The van der Waals surface area contributed by atoms with E-state index in [1.807, 2.05) is 13.8 Å². The van der Waals surface area contributed by atoms with Gasteiger partial charge >= 0.3 is 12.2 Å². The van der Waals surface area contributed by atoms with Gasteiger partial charge in [-0.2, -0.15) is 13.2 Å². The van der Waals surface area contributed by atoms with Gasteiger partial charge in [0, 0.05) is 17.3 Å². The van der Waals surface area contributed by atoms with Crippen LogP contribution in [-0.2, 0) is 11.0 Å². The molecule has 10 heteroatoms. The van der Waals surface area contributed by atoms with E-state index in [1.165, 1.54) is 15.9 Å². The molecule has 2 heterocycles. The molecule has 1 atom stereocenters. The third-order valence-electron chi connectivity index (χ3n) is 4.79. The Hall–Kier alpha value is -2.81. The molecule has 1 aliphatic rings. The van der Waals surface area contributed by atoms with E-state index in [9.17, 15) is 22.8 Å². The van der Waals surface area contributed by atoms with Crippen LogP contribution in [-0.4, -0.2) is 41.0 Å². The molecule has 0 bridgehead atoms. The molecule has 0 unspecified atom stereocenters. The van der Waals surface area contributed by atoms with Crippen LogP contribution in [0.25, 0.3) is 0 Å². The number of halogens is 4. The molecule has 1 aromatic carbocycles. The molecule has 2 aromatic rings. The minimum atomic E-state index is -4.56. The van der Waals surface area contributed by atoms with Crippen LogP contribution in [0.15, 0.2) is 42.6 Å². The van der Waals surface area contributed by atoms with Crippen molar-refractivity contribution in [1.82, 2.24) is 9.88 Å². The number of carbonyl (C=O) groups is 2. The molecule has 30 heavy (non-hydrogen) atoms. The summed E-state index contributed by atoms with van der Waals surface area (Å²) in [6.45, 7) is 3.87. The molecule has 0 saturated carbocycles. The highest BCUT2D eigenvalue weighted by Crippen LogP contribution is 2.31. The Balaban J connectivity index is 1.75. The molecule has 3 rings (SSSR count). The summed E-state index contributed by atoms with van der Waals surface area (Å²) in [6, 6.07) is 7.92. The smallest absolute Gasteiger partial charge is 0.324 e. The SMILES string of the molecule is CC(C)[C@H]1CN(c2ccc(C(F)(F)F)nc2)C(=O)N1CC(=O)Nc1cccc(Cl)c1. The quantitative estimate of drug-likeness (QED) is 0.735. The van der Waals surface area contributed by atoms with Gasteiger partial charge in [0.25, 0.3) is 0 Å². The number of anilines is 2. The van der Waals surface area contributed by atoms with Crippen LogP contribution in [0.4, 0.5) is 29.3 Å². The van der Waals surface area contributed by atoms with Gasteiger partial charge in [0.2, 0.25) is 5.91 Å². The third kappa shape index (κ3) is 4.84. The molecule has 1 aliphatic heterocycles. The molecule has 1 aromatic heterocycles. The number of urea groups is 1. The topological polar surface area (TPSA) is 65.5 Å². The summed E-state index contributed by atoms with van der Waals surface area (Å²) < 4.78 is 38.2. The first-order chi connectivity index (χ1) is 14.1. The summed E-state index contributed by atoms with van der Waals surface area (Å²) in [7, 11) is 0. The number of carbonyl (C=O) groups excluding carboxylic acids is 2. The highest BCUT2D eigenvalue weighted by atomic mass is 35.5. The number of hydrogen-bond donors (Lipinski definition) is 1. The average Bonchev–Trinajstić information content (AvgIpc) is 2.98. The van der Waals surface area contributed by atoms with E-state index in [4.69, 9.17) is 11.6 Å². The molecular weight excluding hydrogens is 421 g/mol. The number of hydrogen-bond acceptors (Lipinski definition) is 3. The zero-order chi connectivity index (χ0) is 22.1. The van der Waals surface area contributed by atoms with Crippen molar-refractivity contribution in [2.75, 3.05) is 23.3 Å². The predicted octanol–water partition coefficient (Wildman–Crippen LogP) is 4.66.